The van der Waals surface area contributed by atoms with Crippen LogP contribution in [0.2, 0.25) is 0 Å². The van der Waals surface area contributed by atoms with Gasteiger partial charge in [0.25, 0.3) is 5.91 Å². The number of unbranched alkanes of at least 4 members (excludes halogenated alkanes) is 1. The third kappa shape index (κ3) is 6.67. The number of nitrogens with one attached hydrogen (secondary N) is 1. The van der Waals surface area contributed by atoms with E-state index in [1.165, 1.54) is 24.1 Å². The molecule has 9 heteroatoms. The third-order valence-electron chi connectivity index (χ3n) is 5.42. The lowest BCUT2D eigenvalue weighted by Gasteiger charge is -2.35. The van der Waals surface area contributed by atoms with Crippen LogP contribution in [0.15, 0.2) is 24.3 Å². The molecule has 0 radical (unpaired) electrons. The smallest absolute Gasteiger partial charge is 0.328 e. The van der Waals surface area contributed by atoms with Gasteiger partial charge >= 0.3 is 5.97 Å². The lowest BCUT2D eigenvalue weighted by molar-refractivity contribution is -0.152. The first-order valence-electron chi connectivity index (χ1n) is 10.8. The Morgan fingerprint density at radius 2 is 1.97 bits per heavy atom. The van der Waals surface area contributed by atoms with Crippen LogP contribution < -0.4 is 5.32 Å². The largest absolute Gasteiger partial charge is 0.508 e. The number of aliphatic hydroxyl groups is 1. The highest BCUT2D eigenvalue weighted by Crippen LogP contribution is 2.28. The molecular formula is C23H34N2O7. The van der Waals surface area contributed by atoms with Gasteiger partial charge in [-0.25, -0.2) is 4.79 Å². The number of ether oxygens (including phenoxy) is 2. The summed E-state index contributed by atoms with van der Waals surface area (Å²) in [7, 11) is 1.27. The van der Waals surface area contributed by atoms with Crippen LogP contribution in [0, 0.1) is 5.41 Å². The molecule has 9 nitrogen and oxygen atoms in total. The Labute approximate surface area is 188 Å². The van der Waals surface area contributed by atoms with Gasteiger partial charge in [-0.1, -0.05) is 26.8 Å². The van der Waals surface area contributed by atoms with Crippen molar-refractivity contribution in [2.45, 2.75) is 58.2 Å². The van der Waals surface area contributed by atoms with E-state index in [0.717, 1.165) is 0 Å². The van der Waals surface area contributed by atoms with Gasteiger partial charge in [-0.3, -0.25) is 9.59 Å². The van der Waals surface area contributed by atoms with Gasteiger partial charge in [0.05, 0.1) is 13.2 Å². The number of carbonyl (C=O) groups excluding carboxylic acids is 3. The number of phenols is 1. The van der Waals surface area contributed by atoms with E-state index in [1.54, 1.807) is 12.1 Å². The minimum atomic E-state index is -0.919. The van der Waals surface area contributed by atoms with E-state index < -0.39 is 35.3 Å². The van der Waals surface area contributed by atoms with Crippen LogP contribution in [-0.2, 0) is 19.1 Å². The van der Waals surface area contributed by atoms with E-state index in [4.69, 9.17) is 14.6 Å². The number of methoxy groups -OCH3 is 1. The highest BCUT2D eigenvalue weighted by molar-refractivity contribution is 5.98. The van der Waals surface area contributed by atoms with Gasteiger partial charge in [-0.05, 0) is 36.5 Å². The van der Waals surface area contributed by atoms with Crippen LogP contribution in [0.4, 0.5) is 0 Å². The summed E-state index contributed by atoms with van der Waals surface area (Å²) < 4.78 is 10.7. The number of nitrogens with zero attached hydrogens (tertiary/aromatic N) is 1. The number of esters is 1. The highest BCUT2D eigenvalue weighted by atomic mass is 16.5. The van der Waals surface area contributed by atoms with E-state index in [2.05, 4.69) is 5.32 Å². The molecule has 3 unspecified atom stereocenters. The second-order valence-electron chi connectivity index (χ2n) is 9.01. The highest BCUT2D eigenvalue weighted by Gasteiger charge is 2.45. The maximum absolute atomic E-state index is 13.5. The van der Waals surface area contributed by atoms with Crippen molar-refractivity contribution in [3.8, 4) is 5.75 Å². The van der Waals surface area contributed by atoms with Gasteiger partial charge in [0.1, 0.15) is 17.8 Å². The van der Waals surface area contributed by atoms with Crippen LogP contribution in [0.25, 0.3) is 0 Å². The molecule has 1 aliphatic rings. The zero-order chi connectivity index (χ0) is 23.9. The molecule has 0 aliphatic carbocycles. The van der Waals surface area contributed by atoms with Crippen molar-refractivity contribution in [1.29, 1.82) is 0 Å². The third-order valence-corrected chi connectivity index (χ3v) is 5.42. The van der Waals surface area contributed by atoms with Gasteiger partial charge in [-0.15, -0.1) is 0 Å². The SMILES string of the molecule is COC(=O)C1CC(OCCCCO)CN1C(=O)C(NC(=O)c1cccc(O)c1)C(C)(C)C. The maximum atomic E-state index is 13.5. The van der Waals surface area contributed by atoms with E-state index in [0.29, 0.717) is 25.9 Å². The summed E-state index contributed by atoms with van der Waals surface area (Å²) in [4.78, 5) is 40.1. The van der Waals surface area contributed by atoms with Crippen LogP contribution in [0.3, 0.4) is 0 Å². The molecule has 1 fully saturated rings. The molecule has 0 saturated carbocycles. The van der Waals surface area contributed by atoms with Crippen molar-refractivity contribution < 1.29 is 34.1 Å². The molecule has 0 aromatic heterocycles. The number of amides is 2. The lowest BCUT2D eigenvalue weighted by Crippen LogP contribution is -2.56. The van der Waals surface area contributed by atoms with Gasteiger partial charge in [0, 0.05) is 31.7 Å². The first-order chi connectivity index (χ1) is 15.1. The Hall–Kier alpha value is -2.65. The maximum Gasteiger partial charge on any atom is 0.328 e. The average molecular weight is 451 g/mol. The first kappa shape index (κ1) is 25.6. The molecular weight excluding hydrogens is 416 g/mol. The quantitative estimate of drug-likeness (QED) is 0.384. The summed E-state index contributed by atoms with van der Waals surface area (Å²) in [5.74, 6) is -1.49. The molecule has 1 aliphatic heterocycles. The number of hydrogen-bond acceptors (Lipinski definition) is 7. The van der Waals surface area contributed by atoms with Gasteiger partial charge in [0.15, 0.2) is 0 Å². The predicted molar refractivity (Wildman–Crippen MR) is 117 cm³/mol. The fraction of sp³-hybridized carbons (Fsp3) is 0.609. The number of aromatic hydroxyl groups is 1. The molecule has 178 valence electrons. The number of phenolic OH excluding ortho intramolecular Hbond substituents is 1. The summed E-state index contributed by atoms with van der Waals surface area (Å²) in [6.45, 7) is 6.17. The standard InChI is InChI=1S/C23H34N2O7/c1-23(2,3)19(24-20(28)15-8-7-9-16(27)12-15)21(29)25-14-17(32-11-6-5-10-26)13-18(25)22(30)31-4/h7-9,12,17-19,26-27H,5-6,10-11,13-14H2,1-4H3,(H,24,28). The van der Waals surface area contributed by atoms with E-state index >= 15 is 0 Å². The van der Waals surface area contributed by atoms with Crippen molar-refractivity contribution in [3.63, 3.8) is 0 Å². The van der Waals surface area contributed by atoms with E-state index in [1.807, 2.05) is 20.8 Å². The summed E-state index contributed by atoms with van der Waals surface area (Å²) in [5, 5.41) is 21.3. The first-order valence-corrected chi connectivity index (χ1v) is 10.8. The Bertz CT molecular complexity index is 806. The number of aliphatic hydroxyl groups excluding tert-OH is 1. The van der Waals surface area contributed by atoms with Crippen LogP contribution in [0.5, 0.6) is 5.75 Å². The molecule has 0 bridgehead atoms. The monoisotopic (exact) mass is 450 g/mol. The summed E-state index contributed by atoms with van der Waals surface area (Å²) in [6, 6.07) is 4.14. The van der Waals surface area contributed by atoms with Crippen molar-refractivity contribution in [2.24, 2.45) is 5.41 Å². The molecule has 2 rings (SSSR count). The van der Waals surface area contributed by atoms with Gasteiger partial charge in [0.2, 0.25) is 5.91 Å². The zero-order valence-electron chi connectivity index (χ0n) is 19.2. The summed E-state index contributed by atoms with van der Waals surface area (Å²) in [5.41, 5.74) is -0.423. The topological polar surface area (TPSA) is 125 Å². The van der Waals surface area contributed by atoms with Gasteiger partial charge in [-0.2, -0.15) is 0 Å². The normalized spacial score (nSPS) is 19.5. The number of rotatable bonds is 9. The Morgan fingerprint density at radius 3 is 2.56 bits per heavy atom. The van der Waals surface area contributed by atoms with Crippen molar-refractivity contribution >= 4 is 17.8 Å². The summed E-state index contributed by atoms with van der Waals surface area (Å²) in [6.07, 6.45) is 1.25. The van der Waals surface area contributed by atoms with Crippen molar-refractivity contribution in [1.82, 2.24) is 10.2 Å². The second kappa shape index (κ2) is 11.3. The molecule has 32 heavy (non-hydrogen) atoms. The minimum Gasteiger partial charge on any atom is -0.508 e. The predicted octanol–water partition coefficient (Wildman–Crippen LogP) is 1.47. The Kier molecular flexibility index (Phi) is 9.03. The molecule has 3 atom stereocenters. The van der Waals surface area contributed by atoms with Crippen LogP contribution in [-0.4, -0.2) is 78.0 Å². The number of carbonyl (C=O) groups is 3. The number of likely N-dealkylation sites (tertiary alicyclic amines) is 1. The molecule has 1 heterocycles. The van der Waals surface area contributed by atoms with E-state index in [9.17, 15) is 19.5 Å². The molecule has 2 amide bonds. The van der Waals surface area contributed by atoms with E-state index in [-0.39, 0.29) is 30.6 Å². The second-order valence-corrected chi connectivity index (χ2v) is 9.01. The fourth-order valence-electron chi connectivity index (χ4n) is 3.66. The molecule has 1 aromatic carbocycles. The van der Waals surface area contributed by atoms with Crippen molar-refractivity contribution in [3.05, 3.63) is 29.8 Å². The fourth-order valence-corrected chi connectivity index (χ4v) is 3.66. The molecule has 1 aromatic rings. The van der Waals surface area contributed by atoms with Crippen molar-refractivity contribution in [2.75, 3.05) is 26.9 Å². The summed E-state index contributed by atoms with van der Waals surface area (Å²) >= 11 is 0. The van der Waals surface area contributed by atoms with Gasteiger partial charge < -0.3 is 29.9 Å². The van der Waals surface area contributed by atoms with Crippen LogP contribution in [0.1, 0.15) is 50.4 Å². The molecule has 0 spiro atoms. The number of benzene rings is 1. The minimum absolute atomic E-state index is 0.0530. The Morgan fingerprint density at radius 1 is 1.25 bits per heavy atom. The molecule has 1 saturated heterocycles. The average Bonchev–Trinajstić information content (AvgIpc) is 3.17. The molecule has 3 N–H and O–H groups in total. The lowest BCUT2D eigenvalue weighted by atomic mass is 9.85. The number of hydrogen-bond donors (Lipinski definition) is 3. The van der Waals surface area contributed by atoms with Crippen LogP contribution >= 0.6 is 0 Å². The Balaban J connectivity index is 2.20. The zero-order valence-corrected chi connectivity index (χ0v) is 19.2.